The monoisotopic (exact) mass is 649 g/mol. The molecule has 50 heavy (non-hydrogen) atoms. The molecule has 9 rings (SSSR count). The van der Waals surface area contributed by atoms with Crippen molar-refractivity contribution in [2.24, 2.45) is 5.41 Å². The van der Waals surface area contributed by atoms with E-state index < -0.39 is 0 Å². The normalized spacial score (nSPS) is 11.6. The molecule has 1 nitrogen and oxygen atoms in total. The molecule has 8 aromatic carbocycles. The number of nitrogens with zero attached hydrogens (tertiary/aromatic N) is 1. The van der Waals surface area contributed by atoms with Crippen LogP contribution in [-0.4, -0.2) is 4.57 Å². The molecule has 0 radical (unpaired) electrons. The smallest absolute Gasteiger partial charge is 0.0541 e. The fraction of sp³-hybridized carbons (Fsp3) is 0.184. The van der Waals surface area contributed by atoms with Gasteiger partial charge in [0.05, 0.1) is 11.0 Å². The fourth-order valence-corrected chi connectivity index (χ4v) is 7.05. The SMILES string of the molecule is CC(C)(C)C.CCC.Cc1ccc(-c2ccc3ccc4c(-c5cccc(-n6c7ccccc7c7ccccc76)c5)ccc5ccc2c3c54)cc1. The Kier molecular flexibility index (Phi) is 8.93. The molecule has 0 N–H and O–H groups in total. The number of rotatable bonds is 3. The van der Waals surface area contributed by atoms with Gasteiger partial charge < -0.3 is 4.57 Å². The standard InChI is InChI=1S/C41H27N.C5H12.C3H8/c1-26-13-15-27(16-14-26)32-21-17-28-20-24-37-33(22-18-29-19-23-36(32)40(28)41(29)37)30-7-6-8-31(25-30)42-38-11-4-2-9-34(38)35-10-3-5-12-39(35)42;1-5(2,3)4;1-3-2/h2-25H,1H3;1-4H3;3H2,1-2H3. The predicted octanol–water partition coefficient (Wildman–Crippen LogP) is 14.8. The van der Waals surface area contributed by atoms with Crippen LogP contribution in [0.5, 0.6) is 0 Å². The van der Waals surface area contributed by atoms with E-state index in [-0.39, 0.29) is 0 Å². The highest BCUT2D eigenvalue weighted by Crippen LogP contribution is 2.43. The minimum atomic E-state index is 0.500. The Hall–Kier alpha value is -5.40. The molecule has 0 aliphatic rings. The average molecular weight is 650 g/mol. The average Bonchev–Trinajstić information content (AvgIpc) is 3.45. The van der Waals surface area contributed by atoms with Crippen molar-refractivity contribution in [2.75, 3.05) is 0 Å². The summed E-state index contributed by atoms with van der Waals surface area (Å²) in [4.78, 5) is 0. The molecule has 0 unspecified atom stereocenters. The lowest BCUT2D eigenvalue weighted by Crippen LogP contribution is -1.94. The Morgan fingerprint density at radius 2 is 0.920 bits per heavy atom. The Balaban J connectivity index is 0.000000447. The number of fused-ring (bicyclic) bond motifs is 3. The van der Waals surface area contributed by atoms with Gasteiger partial charge in [-0.3, -0.25) is 0 Å². The third-order valence-corrected chi connectivity index (χ3v) is 9.02. The van der Waals surface area contributed by atoms with Gasteiger partial charge in [0.25, 0.3) is 0 Å². The van der Waals surface area contributed by atoms with Crippen LogP contribution < -0.4 is 0 Å². The van der Waals surface area contributed by atoms with Gasteiger partial charge in [-0.1, -0.05) is 175 Å². The number of hydrogen-bond donors (Lipinski definition) is 0. The Morgan fingerprint density at radius 3 is 1.44 bits per heavy atom. The van der Waals surface area contributed by atoms with E-state index in [1.165, 1.54) is 94.0 Å². The number of aromatic nitrogens is 1. The van der Waals surface area contributed by atoms with Crippen LogP contribution in [0.1, 0.15) is 53.5 Å². The predicted molar refractivity (Wildman–Crippen MR) is 221 cm³/mol. The summed E-state index contributed by atoms with van der Waals surface area (Å²) in [5.74, 6) is 0. The first-order valence-corrected chi connectivity index (χ1v) is 18.0. The van der Waals surface area contributed by atoms with Crippen LogP contribution in [0.2, 0.25) is 0 Å². The van der Waals surface area contributed by atoms with Crippen molar-refractivity contribution in [3.8, 4) is 27.9 Å². The number of para-hydroxylation sites is 2. The van der Waals surface area contributed by atoms with Crippen molar-refractivity contribution in [3.63, 3.8) is 0 Å². The Bertz CT molecular complexity index is 2510. The number of aryl methyl sites for hydroxylation is 1. The van der Waals surface area contributed by atoms with Gasteiger partial charge in [0, 0.05) is 16.5 Å². The number of hydrogen-bond acceptors (Lipinski definition) is 0. The molecule has 0 amide bonds. The summed E-state index contributed by atoms with van der Waals surface area (Å²) >= 11 is 0. The molecule has 0 saturated heterocycles. The van der Waals surface area contributed by atoms with E-state index in [1.54, 1.807) is 0 Å². The lowest BCUT2D eigenvalue weighted by molar-refractivity contribution is 0.469. The maximum atomic E-state index is 2.40. The molecule has 1 heterocycles. The highest BCUT2D eigenvalue weighted by Gasteiger charge is 2.16. The van der Waals surface area contributed by atoms with E-state index in [0.717, 1.165) is 0 Å². The van der Waals surface area contributed by atoms with Crippen LogP contribution in [0.3, 0.4) is 0 Å². The van der Waals surface area contributed by atoms with Crippen molar-refractivity contribution in [2.45, 2.75) is 54.9 Å². The van der Waals surface area contributed by atoms with Crippen LogP contribution in [-0.2, 0) is 0 Å². The van der Waals surface area contributed by atoms with Gasteiger partial charge in [-0.15, -0.1) is 0 Å². The van der Waals surface area contributed by atoms with E-state index in [9.17, 15) is 0 Å². The van der Waals surface area contributed by atoms with Crippen LogP contribution in [0.4, 0.5) is 0 Å². The minimum absolute atomic E-state index is 0.500. The summed E-state index contributed by atoms with van der Waals surface area (Å²) in [6.07, 6.45) is 1.25. The Labute approximate surface area is 297 Å². The largest absolute Gasteiger partial charge is 0.309 e. The Morgan fingerprint density at radius 1 is 0.460 bits per heavy atom. The quantitative estimate of drug-likeness (QED) is 0.168. The van der Waals surface area contributed by atoms with E-state index in [1.807, 2.05) is 0 Å². The molecule has 1 aromatic heterocycles. The molecule has 0 atom stereocenters. The summed E-state index contributed by atoms with van der Waals surface area (Å²) in [7, 11) is 0. The zero-order chi connectivity index (χ0) is 35.0. The first kappa shape index (κ1) is 33.1. The summed E-state index contributed by atoms with van der Waals surface area (Å²) in [5, 5.41) is 10.4. The minimum Gasteiger partial charge on any atom is -0.309 e. The molecular weight excluding hydrogens is 603 g/mol. The summed E-state index contributed by atoms with van der Waals surface area (Å²) in [6.45, 7) is 15.1. The van der Waals surface area contributed by atoms with Crippen molar-refractivity contribution >= 4 is 54.1 Å². The molecular formula is C49H47N. The topological polar surface area (TPSA) is 4.93 Å². The van der Waals surface area contributed by atoms with Gasteiger partial charge in [-0.2, -0.15) is 0 Å². The van der Waals surface area contributed by atoms with Crippen LogP contribution >= 0.6 is 0 Å². The van der Waals surface area contributed by atoms with Gasteiger partial charge in [-0.05, 0) is 91.2 Å². The lowest BCUT2D eigenvalue weighted by atomic mass is 9.87. The summed E-state index contributed by atoms with van der Waals surface area (Å²) in [6, 6.07) is 53.7. The summed E-state index contributed by atoms with van der Waals surface area (Å²) < 4.78 is 2.40. The van der Waals surface area contributed by atoms with Crippen LogP contribution in [0.15, 0.2) is 146 Å². The third-order valence-electron chi connectivity index (χ3n) is 9.02. The van der Waals surface area contributed by atoms with Crippen molar-refractivity contribution in [1.29, 1.82) is 0 Å². The second-order valence-electron chi connectivity index (χ2n) is 15.1. The summed E-state index contributed by atoms with van der Waals surface area (Å²) in [5.41, 5.74) is 10.5. The molecule has 0 aliphatic heterocycles. The fourth-order valence-electron chi connectivity index (χ4n) is 7.05. The highest BCUT2D eigenvalue weighted by molar-refractivity contribution is 6.27. The first-order valence-electron chi connectivity index (χ1n) is 18.0. The lowest BCUT2D eigenvalue weighted by Gasteiger charge is -2.17. The molecule has 0 saturated carbocycles. The zero-order valence-corrected chi connectivity index (χ0v) is 30.5. The maximum absolute atomic E-state index is 2.40. The van der Waals surface area contributed by atoms with E-state index in [0.29, 0.717) is 5.41 Å². The second kappa shape index (κ2) is 13.5. The molecule has 248 valence electrons. The first-order chi connectivity index (χ1) is 24.2. The number of benzene rings is 8. The molecule has 0 aliphatic carbocycles. The van der Waals surface area contributed by atoms with Gasteiger partial charge in [-0.25, -0.2) is 0 Å². The van der Waals surface area contributed by atoms with Crippen LogP contribution in [0.25, 0.3) is 82.1 Å². The maximum Gasteiger partial charge on any atom is 0.0541 e. The van der Waals surface area contributed by atoms with Gasteiger partial charge in [0.15, 0.2) is 0 Å². The molecule has 9 aromatic rings. The van der Waals surface area contributed by atoms with Crippen molar-refractivity contribution in [1.82, 2.24) is 4.57 Å². The van der Waals surface area contributed by atoms with E-state index in [2.05, 4.69) is 199 Å². The molecule has 0 spiro atoms. The van der Waals surface area contributed by atoms with E-state index in [4.69, 9.17) is 0 Å². The highest BCUT2D eigenvalue weighted by atomic mass is 15.0. The third kappa shape index (κ3) is 6.25. The van der Waals surface area contributed by atoms with Gasteiger partial charge in [0.2, 0.25) is 0 Å². The molecule has 0 fully saturated rings. The van der Waals surface area contributed by atoms with E-state index >= 15 is 0 Å². The van der Waals surface area contributed by atoms with Crippen LogP contribution in [0, 0.1) is 12.3 Å². The van der Waals surface area contributed by atoms with Gasteiger partial charge in [0.1, 0.15) is 0 Å². The zero-order valence-electron chi connectivity index (χ0n) is 30.5. The molecule has 1 heteroatoms. The molecule has 0 bridgehead atoms. The second-order valence-corrected chi connectivity index (χ2v) is 15.1. The van der Waals surface area contributed by atoms with Crippen molar-refractivity contribution in [3.05, 3.63) is 151 Å². The van der Waals surface area contributed by atoms with Gasteiger partial charge >= 0.3 is 0 Å². The van der Waals surface area contributed by atoms with Crippen molar-refractivity contribution < 1.29 is 0 Å².